The maximum atomic E-state index is 12.9. The number of ether oxygens (including phenoxy) is 3. The molecule has 0 fully saturated rings. The summed E-state index contributed by atoms with van der Waals surface area (Å²) in [5.41, 5.74) is 1.04. The van der Waals surface area contributed by atoms with Crippen molar-refractivity contribution >= 4 is 28.9 Å². The summed E-state index contributed by atoms with van der Waals surface area (Å²) in [7, 11) is 1.49. The molecule has 0 saturated heterocycles. The Hall–Kier alpha value is -3.59. The fourth-order valence-corrected chi connectivity index (χ4v) is 4.10. The average Bonchev–Trinajstić information content (AvgIpc) is 3.58. The van der Waals surface area contributed by atoms with Gasteiger partial charge >= 0.3 is 5.97 Å². The first kappa shape index (κ1) is 21.6. The SMILES string of the molecule is CCOc1ccc(C(=O)OCC(=O)N2N=C(c3cccs3)CC2c2ccco2)cc1OC. The second kappa shape index (κ2) is 9.69. The van der Waals surface area contributed by atoms with Gasteiger partial charge < -0.3 is 18.6 Å². The molecule has 1 aromatic carbocycles. The fraction of sp³-hybridized carbons (Fsp3) is 0.261. The number of carbonyl (C=O) groups excluding carboxylic acids is 2. The zero-order valence-corrected chi connectivity index (χ0v) is 18.5. The van der Waals surface area contributed by atoms with Gasteiger partial charge in [0.25, 0.3) is 5.91 Å². The summed E-state index contributed by atoms with van der Waals surface area (Å²) in [4.78, 5) is 26.4. The first-order valence-corrected chi connectivity index (χ1v) is 10.9. The molecule has 4 rings (SSSR count). The number of hydrogen-bond donors (Lipinski definition) is 0. The Balaban J connectivity index is 1.46. The number of thiophene rings is 1. The highest BCUT2D eigenvalue weighted by atomic mass is 32.1. The molecule has 0 bridgehead atoms. The van der Waals surface area contributed by atoms with E-state index >= 15 is 0 Å². The maximum absolute atomic E-state index is 12.9. The van der Waals surface area contributed by atoms with Crippen molar-refractivity contribution in [2.75, 3.05) is 20.3 Å². The highest BCUT2D eigenvalue weighted by Crippen LogP contribution is 2.34. The Morgan fingerprint density at radius 2 is 2.09 bits per heavy atom. The van der Waals surface area contributed by atoms with Gasteiger partial charge in [-0.25, -0.2) is 9.80 Å². The molecule has 0 saturated carbocycles. The minimum absolute atomic E-state index is 0.255. The largest absolute Gasteiger partial charge is 0.493 e. The molecular weight excluding hydrogens is 432 g/mol. The van der Waals surface area contributed by atoms with E-state index in [9.17, 15) is 9.59 Å². The van der Waals surface area contributed by atoms with Crippen LogP contribution in [-0.4, -0.2) is 42.9 Å². The first-order valence-electron chi connectivity index (χ1n) is 10.1. The summed E-state index contributed by atoms with van der Waals surface area (Å²) in [5, 5.41) is 7.79. The zero-order valence-electron chi connectivity index (χ0n) is 17.6. The molecule has 0 aliphatic carbocycles. The van der Waals surface area contributed by atoms with E-state index in [1.807, 2.05) is 24.4 Å². The molecular formula is C23H22N2O6S. The first-order chi connectivity index (χ1) is 15.6. The van der Waals surface area contributed by atoms with Crippen molar-refractivity contribution in [2.24, 2.45) is 5.10 Å². The number of hydrogen-bond acceptors (Lipinski definition) is 8. The normalized spacial score (nSPS) is 15.4. The Morgan fingerprint density at radius 3 is 2.78 bits per heavy atom. The molecule has 1 aliphatic rings. The molecule has 0 spiro atoms. The van der Waals surface area contributed by atoms with Crippen LogP contribution in [0, 0.1) is 0 Å². The topological polar surface area (TPSA) is 90.6 Å². The molecule has 1 amide bonds. The van der Waals surface area contributed by atoms with E-state index in [0.717, 1.165) is 10.6 Å². The van der Waals surface area contributed by atoms with Crippen molar-refractivity contribution < 1.29 is 28.2 Å². The van der Waals surface area contributed by atoms with Gasteiger partial charge in [-0.2, -0.15) is 5.10 Å². The van der Waals surface area contributed by atoms with E-state index in [1.54, 1.807) is 41.9 Å². The molecule has 9 heteroatoms. The Labute approximate surface area is 189 Å². The number of esters is 1. The van der Waals surface area contributed by atoms with Crippen molar-refractivity contribution in [1.29, 1.82) is 0 Å². The third-order valence-corrected chi connectivity index (χ3v) is 5.79. The molecule has 166 valence electrons. The summed E-state index contributed by atoms with van der Waals surface area (Å²) < 4.78 is 21.5. The second-order valence-corrected chi connectivity index (χ2v) is 7.82. The predicted octanol–water partition coefficient (Wildman–Crippen LogP) is 4.28. The van der Waals surface area contributed by atoms with Crippen LogP contribution in [0.4, 0.5) is 0 Å². The molecule has 0 radical (unpaired) electrons. The highest BCUT2D eigenvalue weighted by Gasteiger charge is 2.35. The van der Waals surface area contributed by atoms with E-state index in [0.29, 0.717) is 30.3 Å². The molecule has 3 heterocycles. The molecule has 32 heavy (non-hydrogen) atoms. The van der Waals surface area contributed by atoms with Gasteiger partial charge in [0.15, 0.2) is 18.1 Å². The third kappa shape index (κ3) is 4.52. The van der Waals surface area contributed by atoms with E-state index < -0.39 is 18.5 Å². The summed E-state index contributed by atoms with van der Waals surface area (Å²) in [6.45, 7) is 1.87. The fourth-order valence-electron chi connectivity index (χ4n) is 3.38. The number of carbonyl (C=O) groups is 2. The van der Waals surface area contributed by atoms with E-state index in [2.05, 4.69) is 5.10 Å². The lowest BCUT2D eigenvalue weighted by molar-refractivity contribution is -0.136. The van der Waals surface area contributed by atoms with Gasteiger partial charge in [0, 0.05) is 6.42 Å². The number of rotatable bonds is 8. The number of methoxy groups -OCH3 is 1. The molecule has 2 aromatic heterocycles. The van der Waals surface area contributed by atoms with Gasteiger partial charge in [0.1, 0.15) is 11.8 Å². The lowest BCUT2D eigenvalue weighted by atomic mass is 10.1. The van der Waals surface area contributed by atoms with Gasteiger partial charge in [0.05, 0.1) is 36.1 Å². The average molecular weight is 455 g/mol. The smallest absolute Gasteiger partial charge is 0.338 e. The van der Waals surface area contributed by atoms with Crippen molar-refractivity contribution in [2.45, 2.75) is 19.4 Å². The Bertz CT molecular complexity index is 1110. The number of furan rings is 1. The van der Waals surface area contributed by atoms with E-state index in [-0.39, 0.29) is 11.6 Å². The Morgan fingerprint density at radius 1 is 1.22 bits per heavy atom. The van der Waals surface area contributed by atoms with Gasteiger partial charge in [-0.15, -0.1) is 11.3 Å². The van der Waals surface area contributed by atoms with Crippen LogP contribution in [0.25, 0.3) is 0 Å². The van der Waals surface area contributed by atoms with Crippen molar-refractivity contribution in [3.05, 3.63) is 70.3 Å². The molecule has 1 unspecified atom stereocenters. The summed E-state index contributed by atoms with van der Waals surface area (Å²) in [6.07, 6.45) is 2.07. The van der Waals surface area contributed by atoms with Crippen molar-refractivity contribution in [1.82, 2.24) is 5.01 Å². The van der Waals surface area contributed by atoms with E-state index in [1.165, 1.54) is 18.2 Å². The second-order valence-electron chi connectivity index (χ2n) is 6.87. The highest BCUT2D eigenvalue weighted by molar-refractivity contribution is 7.12. The molecule has 8 nitrogen and oxygen atoms in total. The van der Waals surface area contributed by atoms with Crippen molar-refractivity contribution in [3.63, 3.8) is 0 Å². The molecule has 3 aromatic rings. The van der Waals surface area contributed by atoms with Crippen molar-refractivity contribution in [3.8, 4) is 11.5 Å². The van der Waals surface area contributed by atoms with Crippen LogP contribution in [0.2, 0.25) is 0 Å². The van der Waals surface area contributed by atoms with Gasteiger partial charge in [-0.05, 0) is 48.7 Å². The van der Waals surface area contributed by atoms with Crippen LogP contribution in [0.5, 0.6) is 11.5 Å². The number of amides is 1. The monoisotopic (exact) mass is 454 g/mol. The summed E-state index contributed by atoms with van der Waals surface area (Å²) in [5.74, 6) is 0.475. The van der Waals surface area contributed by atoms with Gasteiger partial charge in [-0.1, -0.05) is 6.07 Å². The third-order valence-electron chi connectivity index (χ3n) is 4.87. The number of benzene rings is 1. The number of hydrazone groups is 1. The van der Waals surface area contributed by atoms with Gasteiger partial charge in [0.2, 0.25) is 0 Å². The van der Waals surface area contributed by atoms with Crippen LogP contribution >= 0.6 is 11.3 Å². The van der Waals surface area contributed by atoms with Crippen LogP contribution in [0.1, 0.15) is 40.4 Å². The summed E-state index contributed by atoms with van der Waals surface area (Å²) >= 11 is 1.55. The van der Waals surface area contributed by atoms with Gasteiger partial charge in [-0.3, -0.25) is 4.79 Å². The zero-order chi connectivity index (χ0) is 22.5. The van der Waals surface area contributed by atoms with Crippen LogP contribution < -0.4 is 9.47 Å². The summed E-state index contributed by atoms with van der Waals surface area (Å²) in [6, 6.07) is 11.8. The minimum Gasteiger partial charge on any atom is -0.493 e. The standard InChI is InChI=1S/C23H22N2O6S/c1-3-29-19-9-8-15(12-20(19)28-2)23(27)31-14-22(26)25-17(18-6-4-10-30-18)13-16(24-25)21-7-5-11-32-21/h4-12,17H,3,13-14H2,1-2H3. The lowest BCUT2D eigenvalue weighted by Gasteiger charge is -2.19. The lowest BCUT2D eigenvalue weighted by Crippen LogP contribution is -2.31. The molecule has 1 atom stereocenters. The Kier molecular flexibility index (Phi) is 6.55. The maximum Gasteiger partial charge on any atom is 0.338 e. The predicted molar refractivity (Wildman–Crippen MR) is 118 cm³/mol. The van der Waals surface area contributed by atoms with Crippen LogP contribution in [0.3, 0.4) is 0 Å². The van der Waals surface area contributed by atoms with E-state index in [4.69, 9.17) is 18.6 Å². The minimum atomic E-state index is -0.643. The molecule has 1 aliphatic heterocycles. The van der Waals surface area contributed by atoms with Crippen LogP contribution in [0.15, 0.2) is 63.6 Å². The molecule has 0 N–H and O–H groups in total. The van der Waals surface area contributed by atoms with Crippen LogP contribution in [-0.2, 0) is 9.53 Å². The quantitative estimate of drug-likeness (QED) is 0.472. The number of nitrogens with zero attached hydrogens (tertiary/aromatic N) is 2.